The molecule has 7 heteroatoms. The molecule has 0 atom stereocenters. The lowest BCUT2D eigenvalue weighted by molar-refractivity contribution is 0.0926. The van der Waals surface area contributed by atoms with Crippen LogP contribution in [0.4, 0.5) is 11.6 Å². The van der Waals surface area contributed by atoms with Gasteiger partial charge in [0.2, 0.25) is 0 Å². The highest BCUT2D eigenvalue weighted by Crippen LogP contribution is 2.23. The first-order valence-corrected chi connectivity index (χ1v) is 10.1. The second kappa shape index (κ2) is 8.69. The fourth-order valence-corrected chi connectivity index (χ4v) is 3.74. The Kier molecular flexibility index (Phi) is 6.31. The molecule has 2 N–H and O–H groups in total. The van der Waals surface area contributed by atoms with Crippen LogP contribution in [-0.2, 0) is 0 Å². The Labute approximate surface area is 168 Å². The van der Waals surface area contributed by atoms with Crippen molar-refractivity contribution in [2.75, 3.05) is 24.3 Å². The van der Waals surface area contributed by atoms with Gasteiger partial charge in [-0.25, -0.2) is 9.97 Å². The van der Waals surface area contributed by atoms with Gasteiger partial charge in [-0.2, -0.15) is 0 Å². The van der Waals surface area contributed by atoms with E-state index < -0.39 is 0 Å². The van der Waals surface area contributed by atoms with Gasteiger partial charge in [-0.3, -0.25) is 4.79 Å². The van der Waals surface area contributed by atoms with E-state index in [9.17, 15) is 4.79 Å². The molecule has 1 saturated carbocycles. The number of halogens is 1. The molecule has 1 aliphatic carbocycles. The zero-order valence-electron chi connectivity index (χ0n) is 16.0. The average Bonchev–Trinajstić information content (AvgIpc) is 2.63. The van der Waals surface area contributed by atoms with Gasteiger partial charge in [0.05, 0.1) is 0 Å². The highest BCUT2D eigenvalue weighted by atomic mass is 79.9. The molecular weight excluding hydrogens is 406 g/mol. The zero-order valence-corrected chi connectivity index (χ0v) is 17.6. The van der Waals surface area contributed by atoms with Crippen molar-refractivity contribution in [1.29, 1.82) is 0 Å². The van der Waals surface area contributed by atoms with Crippen LogP contribution in [-0.4, -0.2) is 42.1 Å². The van der Waals surface area contributed by atoms with Crippen LogP contribution in [0.2, 0.25) is 0 Å². The molecule has 3 rings (SSSR count). The standard InChI is InChI=1S/C20H26BrN5O/c1-13-22-18(12-19(23-13)26(2)3)24-16-7-9-17(10-8-16)25-20(27)14-5-4-6-15(21)11-14/h4-6,11-12,16-17H,7-10H2,1-3H3,(H,25,27)(H,22,23,24). The summed E-state index contributed by atoms with van der Waals surface area (Å²) in [7, 11) is 3.95. The van der Waals surface area contributed by atoms with Gasteiger partial charge in [0, 0.05) is 42.3 Å². The van der Waals surface area contributed by atoms with Crippen LogP contribution in [0, 0.1) is 6.92 Å². The van der Waals surface area contributed by atoms with E-state index in [4.69, 9.17) is 0 Å². The fraction of sp³-hybridized carbons (Fsp3) is 0.450. The number of hydrogen-bond donors (Lipinski definition) is 2. The van der Waals surface area contributed by atoms with Crippen LogP contribution in [0.5, 0.6) is 0 Å². The molecular formula is C20H26BrN5O. The first kappa shape index (κ1) is 19.6. The molecule has 1 aromatic carbocycles. The van der Waals surface area contributed by atoms with E-state index in [1.165, 1.54) is 0 Å². The summed E-state index contributed by atoms with van der Waals surface area (Å²) in [5, 5.41) is 6.69. The van der Waals surface area contributed by atoms with Crippen LogP contribution in [0.25, 0.3) is 0 Å². The lowest BCUT2D eigenvalue weighted by Crippen LogP contribution is -2.40. The van der Waals surface area contributed by atoms with E-state index in [2.05, 4.69) is 36.5 Å². The van der Waals surface area contributed by atoms with Gasteiger partial charge in [0.25, 0.3) is 5.91 Å². The quantitative estimate of drug-likeness (QED) is 0.753. The molecule has 0 saturated heterocycles. The lowest BCUT2D eigenvalue weighted by Gasteiger charge is -2.30. The van der Waals surface area contributed by atoms with Gasteiger partial charge < -0.3 is 15.5 Å². The van der Waals surface area contributed by atoms with Crippen molar-refractivity contribution in [3.63, 3.8) is 0 Å². The first-order valence-electron chi connectivity index (χ1n) is 9.26. The molecule has 1 amide bonds. The Morgan fingerprint density at radius 3 is 2.48 bits per heavy atom. The molecule has 27 heavy (non-hydrogen) atoms. The average molecular weight is 432 g/mol. The second-order valence-electron chi connectivity index (χ2n) is 7.23. The monoisotopic (exact) mass is 431 g/mol. The topological polar surface area (TPSA) is 70.2 Å². The summed E-state index contributed by atoms with van der Waals surface area (Å²) in [5.41, 5.74) is 0.692. The van der Waals surface area contributed by atoms with E-state index in [-0.39, 0.29) is 11.9 Å². The molecule has 0 unspecified atom stereocenters. The molecule has 0 aliphatic heterocycles. The predicted molar refractivity (Wildman–Crippen MR) is 112 cm³/mol. The number of nitrogens with zero attached hydrogens (tertiary/aromatic N) is 3. The first-order chi connectivity index (χ1) is 12.9. The van der Waals surface area contributed by atoms with Crippen molar-refractivity contribution in [2.45, 2.75) is 44.7 Å². The summed E-state index contributed by atoms with van der Waals surface area (Å²) in [6.07, 6.45) is 3.93. The number of carbonyl (C=O) groups is 1. The Morgan fingerprint density at radius 2 is 1.81 bits per heavy atom. The Bertz CT molecular complexity index is 803. The van der Waals surface area contributed by atoms with Gasteiger partial charge in [-0.1, -0.05) is 22.0 Å². The summed E-state index contributed by atoms with van der Waals surface area (Å²) in [4.78, 5) is 23.3. The van der Waals surface area contributed by atoms with Gasteiger partial charge in [0.1, 0.15) is 17.5 Å². The maximum absolute atomic E-state index is 12.4. The highest BCUT2D eigenvalue weighted by Gasteiger charge is 2.23. The minimum Gasteiger partial charge on any atom is -0.367 e. The number of rotatable bonds is 5. The summed E-state index contributed by atoms with van der Waals surface area (Å²) in [5.74, 6) is 2.53. The number of carbonyl (C=O) groups excluding carboxylic acids is 1. The van der Waals surface area contributed by atoms with Crippen molar-refractivity contribution in [3.8, 4) is 0 Å². The third-order valence-corrected chi connectivity index (χ3v) is 5.28. The molecule has 6 nitrogen and oxygen atoms in total. The minimum absolute atomic E-state index is 0.00485. The zero-order chi connectivity index (χ0) is 19.4. The van der Waals surface area contributed by atoms with Crippen LogP contribution in [0.3, 0.4) is 0 Å². The summed E-state index contributed by atoms with van der Waals surface area (Å²) in [6.45, 7) is 1.91. The number of benzene rings is 1. The molecule has 1 aromatic heterocycles. The second-order valence-corrected chi connectivity index (χ2v) is 8.15. The lowest BCUT2D eigenvalue weighted by atomic mass is 9.91. The Hall–Kier alpha value is -2.15. The predicted octanol–water partition coefficient (Wildman–Crippen LogP) is 3.77. The summed E-state index contributed by atoms with van der Waals surface area (Å²) >= 11 is 3.41. The number of anilines is 2. The van der Waals surface area contributed by atoms with E-state index in [1.807, 2.05) is 56.3 Å². The molecule has 0 bridgehead atoms. The van der Waals surface area contributed by atoms with Gasteiger partial charge >= 0.3 is 0 Å². The maximum atomic E-state index is 12.4. The highest BCUT2D eigenvalue weighted by molar-refractivity contribution is 9.10. The molecule has 1 heterocycles. The number of amides is 1. The largest absolute Gasteiger partial charge is 0.367 e. The summed E-state index contributed by atoms with van der Waals surface area (Å²) in [6, 6.07) is 10.1. The van der Waals surface area contributed by atoms with Crippen molar-refractivity contribution in [2.24, 2.45) is 0 Å². The number of aryl methyl sites for hydroxylation is 1. The van der Waals surface area contributed by atoms with E-state index >= 15 is 0 Å². The third-order valence-electron chi connectivity index (χ3n) is 4.78. The molecule has 0 spiro atoms. The minimum atomic E-state index is -0.00485. The maximum Gasteiger partial charge on any atom is 0.251 e. The van der Waals surface area contributed by atoms with E-state index in [0.29, 0.717) is 11.6 Å². The molecule has 1 fully saturated rings. The van der Waals surface area contributed by atoms with Crippen molar-refractivity contribution in [1.82, 2.24) is 15.3 Å². The number of hydrogen-bond acceptors (Lipinski definition) is 5. The van der Waals surface area contributed by atoms with Crippen LogP contribution < -0.4 is 15.5 Å². The van der Waals surface area contributed by atoms with Gasteiger partial charge in [0.15, 0.2) is 0 Å². The van der Waals surface area contributed by atoms with Gasteiger partial charge in [-0.05, 0) is 50.8 Å². The van der Waals surface area contributed by atoms with E-state index in [0.717, 1.165) is 47.6 Å². The van der Waals surface area contributed by atoms with Crippen LogP contribution in [0.15, 0.2) is 34.8 Å². The van der Waals surface area contributed by atoms with Crippen molar-refractivity contribution < 1.29 is 4.79 Å². The van der Waals surface area contributed by atoms with Crippen molar-refractivity contribution in [3.05, 3.63) is 46.2 Å². The third kappa shape index (κ3) is 5.42. The normalized spacial score (nSPS) is 19.4. The Morgan fingerprint density at radius 1 is 1.11 bits per heavy atom. The molecule has 144 valence electrons. The smallest absolute Gasteiger partial charge is 0.251 e. The SMILES string of the molecule is Cc1nc(NC2CCC(NC(=O)c3cccc(Br)c3)CC2)cc(N(C)C)n1. The molecule has 2 aromatic rings. The van der Waals surface area contributed by atoms with Crippen LogP contribution in [0.1, 0.15) is 41.9 Å². The number of nitrogens with one attached hydrogen (secondary N) is 2. The van der Waals surface area contributed by atoms with Gasteiger partial charge in [-0.15, -0.1) is 0 Å². The van der Waals surface area contributed by atoms with Crippen molar-refractivity contribution >= 4 is 33.5 Å². The molecule has 1 aliphatic rings. The number of aromatic nitrogens is 2. The summed E-state index contributed by atoms with van der Waals surface area (Å²) < 4.78 is 0.917. The fourth-order valence-electron chi connectivity index (χ4n) is 3.34. The Balaban J connectivity index is 1.53. The molecule has 0 radical (unpaired) electrons. The van der Waals surface area contributed by atoms with Crippen LogP contribution >= 0.6 is 15.9 Å². The van der Waals surface area contributed by atoms with E-state index in [1.54, 1.807) is 0 Å².